The zero-order valence-electron chi connectivity index (χ0n) is 23.2. The maximum Gasteiger partial charge on any atom is 0.319 e. The maximum absolute atomic E-state index is 16.7. The first-order chi connectivity index (χ1) is 20.5. The number of ether oxygens (including phenoxy) is 2. The van der Waals surface area contributed by atoms with Gasteiger partial charge in [0.05, 0.1) is 24.3 Å². The van der Waals surface area contributed by atoms with Gasteiger partial charge in [0.2, 0.25) is 0 Å². The molecular formula is C32H33ClFN5O3. The summed E-state index contributed by atoms with van der Waals surface area (Å²) in [6.45, 7) is 4.70. The Hall–Kier alpha value is -3.24. The average Bonchev–Trinajstić information content (AvgIpc) is 3.71. The molecule has 42 heavy (non-hydrogen) atoms. The Morgan fingerprint density at radius 2 is 1.90 bits per heavy atom. The maximum atomic E-state index is 16.7. The Bertz CT molecular complexity index is 1680. The molecule has 0 radical (unpaired) electrons. The highest BCUT2D eigenvalue weighted by molar-refractivity contribution is 6.35. The second-order valence-corrected chi connectivity index (χ2v) is 12.5. The Morgan fingerprint density at radius 3 is 2.69 bits per heavy atom. The lowest BCUT2D eigenvalue weighted by Crippen LogP contribution is -2.51. The van der Waals surface area contributed by atoms with E-state index >= 15 is 4.39 Å². The summed E-state index contributed by atoms with van der Waals surface area (Å²) in [5, 5.41) is 16.5. The van der Waals surface area contributed by atoms with E-state index in [-0.39, 0.29) is 27.9 Å². The molecule has 8 rings (SSSR count). The highest BCUT2D eigenvalue weighted by Gasteiger charge is 2.38. The van der Waals surface area contributed by atoms with Gasteiger partial charge in [-0.1, -0.05) is 35.9 Å². The smallest absolute Gasteiger partial charge is 0.319 e. The molecule has 4 aromatic rings. The average molecular weight is 590 g/mol. The Balaban J connectivity index is 1.18. The van der Waals surface area contributed by atoms with Crippen LogP contribution in [-0.2, 0) is 4.74 Å². The minimum Gasteiger partial charge on any atom is -0.508 e. The zero-order valence-corrected chi connectivity index (χ0v) is 24.0. The predicted octanol–water partition coefficient (Wildman–Crippen LogP) is 5.13. The van der Waals surface area contributed by atoms with Crippen molar-refractivity contribution in [3.63, 3.8) is 0 Å². The van der Waals surface area contributed by atoms with E-state index < -0.39 is 5.82 Å². The molecule has 10 heteroatoms. The van der Waals surface area contributed by atoms with E-state index in [0.717, 1.165) is 69.2 Å². The van der Waals surface area contributed by atoms with E-state index in [9.17, 15) is 5.11 Å². The van der Waals surface area contributed by atoms with Crippen molar-refractivity contribution in [3.05, 3.63) is 53.3 Å². The molecule has 0 saturated carbocycles. The van der Waals surface area contributed by atoms with Crippen molar-refractivity contribution in [1.82, 2.24) is 20.2 Å². The zero-order chi connectivity index (χ0) is 28.4. The number of benzene rings is 3. The number of nitrogens with one attached hydrogen (secondary N) is 1. The topological polar surface area (TPSA) is 83.0 Å². The monoisotopic (exact) mass is 589 g/mol. The molecular weight excluding hydrogens is 557 g/mol. The summed E-state index contributed by atoms with van der Waals surface area (Å²) in [5.74, 6) is 0.143. The van der Waals surface area contributed by atoms with Crippen LogP contribution in [0.15, 0.2) is 42.5 Å². The number of piperazine rings is 1. The summed E-state index contributed by atoms with van der Waals surface area (Å²) in [4.78, 5) is 14.1. The normalized spacial score (nSPS) is 25.2. The van der Waals surface area contributed by atoms with Crippen molar-refractivity contribution in [1.29, 1.82) is 0 Å². The van der Waals surface area contributed by atoms with Crippen molar-refractivity contribution in [3.8, 4) is 22.9 Å². The van der Waals surface area contributed by atoms with Gasteiger partial charge in [-0.15, -0.1) is 0 Å². The number of hydrogen-bond acceptors (Lipinski definition) is 8. The number of likely N-dealkylation sites (tertiary alicyclic amines) is 1. The van der Waals surface area contributed by atoms with E-state index in [2.05, 4.69) is 20.1 Å². The Morgan fingerprint density at radius 1 is 1.07 bits per heavy atom. The van der Waals surface area contributed by atoms with Gasteiger partial charge in [-0.05, 0) is 60.2 Å². The third-order valence-corrected chi connectivity index (χ3v) is 9.61. The van der Waals surface area contributed by atoms with Gasteiger partial charge in [0.25, 0.3) is 0 Å². The summed E-state index contributed by atoms with van der Waals surface area (Å²) < 4.78 is 28.5. The van der Waals surface area contributed by atoms with Crippen LogP contribution in [0.3, 0.4) is 0 Å². The molecule has 0 amide bonds. The highest BCUT2D eigenvalue weighted by Crippen LogP contribution is 2.43. The SMILES string of the molecule is Oc1cc(-c2c(Cl)cc3c(N4CC5CCC(C4)N5)nc(OCCCN4C[C@@H]5C[C@H]4CO5)nc3c2F)c2ccccc2c1. The fourth-order valence-electron chi connectivity index (χ4n) is 7.37. The van der Waals surface area contributed by atoms with Gasteiger partial charge in [-0.3, -0.25) is 4.90 Å². The summed E-state index contributed by atoms with van der Waals surface area (Å²) >= 11 is 6.85. The van der Waals surface area contributed by atoms with Crippen molar-refractivity contribution in [2.75, 3.05) is 44.3 Å². The van der Waals surface area contributed by atoms with Crippen LogP contribution in [0.25, 0.3) is 32.8 Å². The first kappa shape index (κ1) is 26.4. The minimum atomic E-state index is -0.548. The van der Waals surface area contributed by atoms with Crippen molar-refractivity contribution in [2.45, 2.75) is 49.9 Å². The molecule has 2 unspecified atom stereocenters. The van der Waals surface area contributed by atoms with Gasteiger partial charge < -0.3 is 24.8 Å². The van der Waals surface area contributed by atoms with Crippen LogP contribution in [-0.4, -0.2) is 83.6 Å². The molecule has 1 aromatic heterocycles. The minimum absolute atomic E-state index is 0.0424. The lowest BCUT2D eigenvalue weighted by Gasteiger charge is -2.34. The third kappa shape index (κ3) is 4.63. The number of anilines is 1. The van der Waals surface area contributed by atoms with E-state index in [1.54, 1.807) is 18.2 Å². The summed E-state index contributed by atoms with van der Waals surface area (Å²) in [6, 6.07) is 14.0. The summed E-state index contributed by atoms with van der Waals surface area (Å²) in [6.07, 6.45) is 4.52. The second-order valence-electron chi connectivity index (χ2n) is 12.1. The molecule has 8 nitrogen and oxygen atoms in total. The molecule has 5 heterocycles. The largest absolute Gasteiger partial charge is 0.508 e. The highest BCUT2D eigenvalue weighted by atomic mass is 35.5. The lowest BCUT2D eigenvalue weighted by atomic mass is 9.96. The molecule has 4 saturated heterocycles. The number of rotatable bonds is 7. The van der Waals surface area contributed by atoms with Gasteiger partial charge in [-0.25, -0.2) is 4.39 Å². The Labute approximate surface area is 248 Å². The first-order valence-electron chi connectivity index (χ1n) is 14.9. The van der Waals surface area contributed by atoms with Crippen molar-refractivity contribution in [2.24, 2.45) is 0 Å². The molecule has 4 fully saturated rings. The van der Waals surface area contributed by atoms with Crippen molar-refractivity contribution >= 4 is 39.1 Å². The van der Waals surface area contributed by atoms with Crippen LogP contribution in [0.1, 0.15) is 25.7 Å². The van der Waals surface area contributed by atoms with Crippen LogP contribution in [0, 0.1) is 5.82 Å². The van der Waals surface area contributed by atoms with Crippen LogP contribution >= 0.6 is 11.6 Å². The number of hydrogen-bond donors (Lipinski definition) is 2. The number of morpholine rings is 1. The van der Waals surface area contributed by atoms with E-state index in [0.29, 0.717) is 47.6 Å². The quantitative estimate of drug-likeness (QED) is 0.287. The number of aromatic nitrogens is 2. The number of phenols is 1. The fourth-order valence-corrected chi connectivity index (χ4v) is 7.66. The van der Waals surface area contributed by atoms with Gasteiger partial charge >= 0.3 is 6.01 Å². The molecule has 0 spiro atoms. The van der Waals surface area contributed by atoms with Crippen molar-refractivity contribution < 1.29 is 19.0 Å². The van der Waals surface area contributed by atoms with Crippen LogP contribution in [0.4, 0.5) is 10.2 Å². The molecule has 4 aliphatic rings. The van der Waals surface area contributed by atoms with Gasteiger partial charge in [0, 0.05) is 55.3 Å². The van der Waals surface area contributed by atoms with Crippen LogP contribution < -0.4 is 15.0 Å². The molecule has 4 bridgehead atoms. The van der Waals surface area contributed by atoms with Gasteiger partial charge in [-0.2, -0.15) is 9.97 Å². The lowest BCUT2D eigenvalue weighted by molar-refractivity contribution is 0.0287. The fraction of sp³-hybridized carbons (Fsp3) is 0.438. The van der Waals surface area contributed by atoms with Crippen LogP contribution in [0.5, 0.6) is 11.8 Å². The number of fused-ring (bicyclic) bond motifs is 6. The molecule has 0 aliphatic carbocycles. The molecule has 4 atom stereocenters. The molecule has 3 aromatic carbocycles. The van der Waals surface area contributed by atoms with Gasteiger partial charge in [0.15, 0.2) is 5.82 Å². The first-order valence-corrected chi connectivity index (χ1v) is 15.3. The summed E-state index contributed by atoms with van der Waals surface area (Å²) in [7, 11) is 0. The molecule has 2 N–H and O–H groups in total. The van der Waals surface area contributed by atoms with E-state index in [4.69, 9.17) is 26.1 Å². The number of nitrogens with zero attached hydrogens (tertiary/aromatic N) is 4. The second kappa shape index (κ2) is 10.5. The third-order valence-electron chi connectivity index (χ3n) is 9.31. The molecule has 218 valence electrons. The number of phenolic OH excluding ortho intramolecular Hbond substituents is 1. The number of halogens is 2. The van der Waals surface area contributed by atoms with Gasteiger partial charge in [0.1, 0.15) is 17.1 Å². The van der Waals surface area contributed by atoms with Crippen LogP contribution in [0.2, 0.25) is 5.02 Å². The Kier molecular flexibility index (Phi) is 6.59. The predicted molar refractivity (Wildman–Crippen MR) is 161 cm³/mol. The number of aromatic hydroxyl groups is 1. The standard InChI is InChI=1S/C32H33ClFN5O3/c33-27-13-26-30(29(34)28(27)25-12-22(40)10-18-4-1-2-5-24(18)25)36-32(37-31(26)39-14-19-6-7-20(15-39)35-19)41-9-3-8-38-16-23-11-21(38)17-42-23/h1-2,4-5,10,12-13,19-21,23,35,40H,3,6-9,11,14-17H2/t19?,20?,21-,23-/m0/s1. The molecule has 4 aliphatic heterocycles. The summed E-state index contributed by atoms with van der Waals surface area (Å²) in [5.41, 5.74) is 0.891. The van der Waals surface area contributed by atoms with E-state index in [1.807, 2.05) is 24.3 Å². The van der Waals surface area contributed by atoms with E-state index in [1.165, 1.54) is 0 Å².